The maximum atomic E-state index is 12.3. The van der Waals surface area contributed by atoms with Crippen LogP contribution in [0.3, 0.4) is 0 Å². The van der Waals surface area contributed by atoms with Gasteiger partial charge in [0.2, 0.25) is 5.91 Å². The van der Waals surface area contributed by atoms with E-state index in [1.54, 1.807) is 18.2 Å². The highest BCUT2D eigenvalue weighted by Gasteiger charge is 2.21. The molecule has 0 aromatic heterocycles. The number of carbonyl (C=O) groups is 1. The Morgan fingerprint density at radius 2 is 2.11 bits per heavy atom. The number of amides is 1. The van der Waals surface area contributed by atoms with Gasteiger partial charge in [-0.1, -0.05) is 6.07 Å². The van der Waals surface area contributed by atoms with Crippen LogP contribution in [0, 0.1) is 0 Å². The topological polar surface area (TPSA) is 81.7 Å². The Morgan fingerprint density at radius 3 is 2.82 bits per heavy atom. The molecule has 28 heavy (non-hydrogen) atoms. The van der Waals surface area contributed by atoms with Crippen molar-refractivity contribution in [2.45, 2.75) is 31.3 Å². The van der Waals surface area contributed by atoms with Gasteiger partial charge < -0.3 is 14.8 Å². The van der Waals surface area contributed by atoms with E-state index in [1.165, 1.54) is 18.2 Å². The van der Waals surface area contributed by atoms with Crippen molar-refractivity contribution in [3.8, 4) is 11.5 Å². The van der Waals surface area contributed by atoms with E-state index in [0.29, 0.717) is 18.0 Å². The fourth-order valence-corrected chi connectivity index (χ4v) is 3.69. The maximum absolute atomic E-state index is 12.3. The number of ether oxygens (including phenoxy) is 2. The van der Waals surface area contributed by atoms with Crippen LogP contribution in [0.15, 0.2) is 47.4 Å². The SMILES string of the molecule is CCOc1cc2c(cc1/C=C/C(=O)Nc1cccc(S(C)(=O)=O)c1)O[C@@H](C)C2. The van der Waals surface area contributed by atoms with E-state index in [0.717, 1.165) is 29.6 Å². The van der Waals surface area contributed by atoms with Crippen LogP contribution in [0.5, 0.6) is 11.5 Å². The molecule has 148 valence electrons. The summed E-state index contributed by atoms with van der Waals surface area (Å²) in [6.07, 6.45) is 5.12. The zero-order chi connectivity index (χ0) is 20.3. The molecule has 1 atom stereocenters. The lowest BCUT2D eigenvalue weighted by molar-refractivity contribution is -0.111. The molecule has 6 nitrogen and oxygen atoms in total. The molecule has 0 saturated carbocycles. The average molecular weight is 401 g/mol. The molecule has 1 amide bonds. The Hall–Kier alpha value is -2.80. The second-order valence-electron chi connectivity index (χ2n) is 6.69. The molecule has 0 aliphatic carbocycles. The van der Waals surface area contributed by atoms with E-state index in [1.807, 2.05) is 26.0 Å². The minimum absolute atomic E-state index is 0.120. The smallest absolute Gasteiger partial charge is 0.248 e. The third-order valence-electron chi connectivity index (χ3n) is 4.27. The molecule has 0 unspecified atom stereocenters. The van der Waals surface area contributed by atoms with Gasteiger partial charge in [0.1, 0.15) is 17.6 Å². The van der Waals surface area contributed by atoms with E-state index < -0.39 is 9.84 Å². The van der Waals surface area contributed by atoms with Crippen molar-refractivity contribution in [2.24, 2.45) is 0 Å². The van der Waals surface area contributed by atoms with Crippen LogP contribution in [0.2, 0.25) is 0 Å². The van der Waals surface area contributed by atoms with Crippen molar-refractivity contribution in [3.63, 3.8) is 0 Å². The number of hydrogen-bond acceptors (Lipinski definition) is 5. The summed E-state index contributed by atoms with van der Waals surface area (Å²) in [6, 6.07) is 9.96. The summed E-state index contributed by atoms with van der Waals surface area (Å²) in [5.41, 5.74) is 2.25. The fraction of sp³-hybridized carbons (Fsp3) is 0.286. The Labute approximate surface area is 165 Å². The first-order chi connectivity index (χ1) is 13.3. The first-order valence-corrected chi connectivity index (χ1v) is 10.9. The molecular formula is C21H23NO5S. The van der Waals surface area contributed by atoms with Crippen molar-refractivity contribution in [1.82, 2.24) is 0 Å². The zero-order valence-electron chi connectivity index (χ0n) is 16.1. The summed E-state index contributed by atoms with van der Waals surface area (Å²) < 4.78 is 34.8. The predicted molar refractivity (Wildman–Crippen MR) is 109 cm³/mol. The number of sulfone groups is 1. The molecule has 0 radical (unpaired) electrons. The molecule has 3 rings (SSSR count). The van der Waals surface area contributed by atoms with E-state index in [2.05, 4.69) is 5.32 Å². The highest BCUT2D eigenvalue weighted by atomic mass is 32.2. The van der Waals surface area contributed by atoms with Crippen molar-refractivity contribution in [1.29, 1.82) is 0 Å². The van der Waals surface area contributed by atoms with Crippen LogP contribution in [0.4, 0.5) is 5.69 Å². The number of rotatable bonds is 6. The zero-order valence-corrected chi connectivity index (χ0v) is 16.9. The normalized spacial score (nSPS) is 15.9. The second-order valence-corrected chi connectivity index (χ2v) is 8.70. The summed E-state index contributed by atoms with van der Waals surface area (Å²) in [4.78, 5) is 12.4. The second kappa shape index (κ2) is 8.06. The summed E-state index contributed by atoms with van der Waals surface area (Å²) >= 11 is 0. The van der Waals surface area contributed by atoms with Crippen molar-refractivity contribution < 1.29 is 22.7 Å². The van der Waals surface area contributed by atoms with Gasteiger partial charge in [-0.15, -0.1) is 0 Å². The first kappa shape index (κ1) is 19.9. The summed E-state index contributed by atoms with van der Waals surface area (Å²) in [5.74, 6) is 1.13. The fourth-order valence-electron chi connectivity index (χ4n) is 3.02. The largest absolute Gasteiger partial charge is 0.493 e. The van der Waals surface area contributed by atoms with E-state index >= 15 is 0 Å². The number of nitrogens with one attached hydrogen (secondary N) is 1. The number of benzene rings is 2. The van der Waals surface area contributed by atoms with Crippen LogP contribution in [-0.4, -0.2) is 33.3 Å². The standard InChI is InChI=1S/C21H23NO5S/c1-4-26-19-12-16-10-14(2)27-20(16)11-15(19)8-9-21(23)22-17-6-5-7-18(13-17)28(3,24)25/h5-9,11-14H,4,10H2,1-3H3,(H,22,23)/b9-8+/t14-/m0/s1. The molecule has 1 aliphatic rings. The van der Waals surface area contributed by atoms with Gasteiger partial charge in [-0.05, 0) is 50.3 Å². The van der Waals surface area contributed by atoms with Crippen molar-refractivity contribution >= 4 is 27.5 Å². The highest BCUT2D eigenvalue weighted by molar-refractivity contribution is 7.90. The van der Waals surface area contributed by atoms with Crippen molar-refractivity contribution in [2.75, 3.05) is 18.2 Å². The number of fused-ring (bicyclic) bond motifs is 1. The Balaban J connectivity index is 1.78. The van der Waals surface area contributed by atoms with Crippen LogP contribution >= 0.6 is 0 Å². The third kappa shape index (κ3) is 4.72. The Morgan fingerprint density at radius 1 is 1.32 bits per heavy atom. The third-order valence-corrected chi connectivity index (χ3v) is 5.38. The van der Waals surface area contributed by atoms with Gasteiger partial charge in [0.25, 0.3) is 0 Å². The van der Waals surface area contributed by atoms with Crippen molar-refractivity contribution in [3.05, 3.63) is 53.6 Å². The van der Waals surface area contributed by atoms with Gasteiger partial charge in [-0.2, -0.15) is 0 Å². The number of carbonyl (C=O) groups excluding carboxylic acids is 1. The lowest BCUT2D eigenvalue weighted by Gasteiger charge is -2.10. The van der Waals surface area contributed by atoms with Gasteiger partial charge in [0.05, 0.1) is 11.5 Å². The minimum atomic E-state index is -3.34. The van der Waals surface area contributed by atoms with Crippen LogP contribution in [0.25, 0.3) is 6.08 Å². The van der Waals surface area contributed by atoms with Gasteiger partial charge in [0.15, 0.2) is 9.84 Å². The summed E-state index contributed by atoms with van der Waals surface area (Å²) in [5, 5.41) is 2.67. The lowest BCUT2D eigenvalue weighted by Crippen LogP contribution is -2.08. The van der Waals surface area contributed by atoms with Gasteiger partial charge in [-0.3, -0.25) is 4.79 Å². The predicted octanol–water partition coefficient (Wildman–Crippen LogP) is 3.46. The first-order valence-electron chi connectivity index (χ1n) is 9.02. The molecule has 1 N–H and O–H groups in total. The summed E-state index contributed by atoms with van der Waals surface area (Å²) in [7, 11) is -3.34. The van der Waals surface area contributed by atoms with Gasteiger partial charge >= 0.3 is 0 Å². The monoisotopic (exact) mass is 401 g/mol. The molecular weight excluding hydrogens is 378 g/mol. The molecule has 0 bridgehead atoms. The minimum Gasteiger partial charge on any atom is -0.493 e. The molecule has 0 fully saturated rings. The van der Waals surface area contributed by atoms with Crippen LogP contribution in [-0.2, 0) is 21.1 Å². The van der Waals surface area contributed by atoms with Gasteiger partial charge in [-0.25, -0.2) is 8.42 Å². The molecule has 2 aromatic carbocycles. The van der Waals surface area contributed by atoms with E-state index in [9.17, 15) is 13.2 Å². The summed E-state index contributed by atoms with van der Waals surface area (Å²) in [6.45, 7) is 4.43. The molecule has 2 aromatic rings. The number of hydrogen-bond donors (Lipinski definition) is 1. The maximum Gasteiger partial charge on any atom is 0.248 e. The Bertz CT molecular complexity index is 1030. The van der Waals surface area contributed by atoms with E-state index in [-0.39, 0.29) is 16.9 Å². The quantitative estimate of drug-likeness (QED) is 0.750. The molecule has 0 saturated heterocycles. The molecule has 0 spiro atoms. The highest BCUT2D eigenvalue weighted by Crippen LogP contribution is 2.35. The lowest BCUT2D eigenvalue weighted by atomic mass is 10.1. The van der Waals surface area contributed by atoms with E-state index in [4.69, 9.17) is 9.47 Å². The van der Waals surface area contributed by atoms with Crippen LogP contribution < -0.4 is 14.8 Å². The molecule has 1 heterocycles. The number of anilines is 1. The van der Waals surface area contributed by atoms with Crippen LogP contribution in [0.1, 0.15) is 25.0 Å². The van der Waals surface area contributed by atoms with Gasteiger partial charge in [0, 0.05) is 35.6 Å². The molecule has 7 heteroatoms. The Kier molecular flexibility index (Phi) is 5.74. The average Bonchev–Trinajstić information content (AvgIpc) is 2.98. The molecule has 1 aliphatic heterocycles.